The molecule has 11 heteroatoms. The van der Waals surface area contributed by atoms with Crippen molar-refractivity contribution in [3.8, 4) is 0 Å². The minimum Gasteiger partial charge on any atom is -0.330 e. The molecule has 1 atom stereocenters. The fourth-order valence-corrected chi connectivity index (χ4v) is 4.97. The molecular formula is C8H9NO7S3. The van der Waals surface area contributed by atoms with Gasteiger partial charge in [-0.25, -0.2) is 4.79 Å². The first-order chi connectivity index (χ1) is 8.80. The van der Waals surface area contributed by atoms with E-state index in [1.165, 1.54) is 21.6 Å². The molecule has 106 valence electrons. The lowest BCUT2D eigenvalue weighted by Gasteiger charge is -2.15. The first kappa shape index (κ1) is 14.6. The molecule has 2 heterocycles. The number of rotatable bonds is 3. The van der Waals surface area contributed by atoms with Gasteiger partial charge in [-0.05, 0) is 0 Å². The van der Waals surface area contributed by atoms with Gasteiger partial charge in [-0.3, -0.25) is 14.1 Å². The zero-order valence-electron chi connectivity index (χ0n) is 9.34. The molecule has 2 saturated heterocycles. The topological polar surface area (TPSA) is 118 Å². The largest absolute Gasteiger partial charge is 0.337 e. The molecule has 2 fully saturated rings. The Bertz CT molecular complexity index is 524. The summed E-state index contributed by atoms with van der Waals surface area (Å²) in [5.74, 6) is -2.39. The highest BCUT2D eigenvalue weighted by Crippen LogP contribution is 2.35. The molecule has 0 saturated carbocycles. The highest BCUT2D eigenvalue weighted by molar-refractivity contribution is 8.77. The van der Waals surface area contributed by atoms with Crippen LogP contribution in [0.2, 0.25) is 0 Å². The van der Waals surface area contributed by atoms with E-state index in [4.69, 9.17) is 4.55 Å². The van der Waals surface area contributed by atoms with Crippen LogP contribution in [0.4, 0.5) is 0 Å². The van der Waals surface area contributed by atoms with Gasteiger partial charge in [0.25, 0.3) is 21.9 Å². The van der Waals surface area contributed by atoms with Gasteiger partial charge < -0.3 is 4.84 Å². The monoisotopic (exact) mass is 327 g/mol. The van der Waals surface area contributed by atoms with E-state index in [9.17, 15) is 22.8 Å². The third-order valence-electron chi connectivity index (χ3n) is 2.56. The predicted octanol–water partition coefficient (Wildman–Crippen LogP) is -0.529. The van der Waals surface area contributed by atoms with Crippen LogP contribution in [0, 0.1) is 5.92 Å². The number of hydrogen-bond donors (Lipinski definition) is 1. The van der Waals surface area contributed by atoms with E-state index in [2.05, 4.69) is 4.84 Å². The maximum atomic E-state index is 11.6. The van der Waals surface area contributed by atoms with Crippen LogP contribution in [0.5, 0.6) is 0 Å². The van der Waals surface area contributed by atoms with Crippen molar-refractivity contribution in [2.24, 2.45) is 5.92 Å². The number of hydrogen-bond acceptors (Lipinski definition) is 8. The summed E-state index contributed by atoms with van der Waals surface area (Å²) in [5, 5.41) is -1.76. The van der Waals surface area contributed by atoms with Crippen LogP contribution < -0.4 is 0 Å². The molecule has 0 aromatic heterocycles. The summed E-state index contributed by atoms with van der Waals surface area (Å²) >= 11 is 0. The number of amides is 2. The molecule has 0 aromatic rings. The molecule has 2 amide bonds. The Hall–Kier alpha value is -0.780. The van der Waals surface area contributed by atoms with Gasteiger partial charge in [-0.15, -0.1) is 5.06 Å². The first-order valence-electron chi connectivity index (χ1n) is 5.10. The van der Waals surface area contributed by atoms with Crippen LogP contribution in [0.15, 0.2) is 0 Å². The van der Waals surface area contributed by atoms with Crippen LogP contribution in [-0.4, -0.2) is 52.6 Å². The summed E-state index contributed by atoms with van der Waals surface area (Å²) in [5.41, 5.74) is 0. The Balaban J connectivity index is 2.06. The van der Waals surface area contributed by atoms with Crippen molar-refractivity contribution in [1.82, 2.24) is 5.06 Å². The van der Waals surface area contributed by atoms with Gasteiger partial charge in [0.15, 0.2) is 5.25 Å². The van der Waals surface area contributed by atoms with Crippen molar-refractivity contribution in [3.63, 3.8) is 0 Å². The lowest BCUT2D eigenvalue weighted by molar-refractivity contribution is -0.199. The van der Waals surface area contributed by atoms with Gasteiger partial charge in [0.05, 0.1) is 12.3 Å². The zero-order chi connectivity index (χ0) is 14.2. The van der Waals surface area contributed by atoms with E-state index in [0.717, 1.165) is 0 Å². The minimum atomic E-state index is -4.68. The Kier molecular flexibility index (Phi) is 4.08. The Morgan fingerprint density at radius 1 is 1.32 bits per heavy atom. The maximum Gasteiger partial charge on any atom is 0.337 e. The molecule has 8 nitrogen and oxygen atoms in total. The van der Waals surface area contributed by atoms with Crippen molar-refractivity contribution >= 4 is 49.5 Å². The van der Waals surface area contributed by atoms with Crippen molar-refractivity contribution in [2.45, 2.75) is 11.7 Å². The number of carbonyl (C=O) groups is 3. The first-order valence-corrected chi connectivity index (χ1v) is 9.09. The molecule has 2 aliphatic rings. The lowest BCUT2D eigenvalue weighted by atomic mass is 10.2. The van der Waals surface area contributed by atoms with Gasteiger partial charge >= 0.3 is 5.97 Å². The van der Waals surface area contributed by atoms with E-state index in [0.29, 0.717) is 11.5 Å². The van der Waals surface area contributed by atoms with Crippen LogP contribution in [0.25, 0.3) is 0 Å². The normalized spacial score (nSPS) is 25.1. The molecular weight excluding hydrogens is 318 g/mol. The van der Waals surface area contributed by atoms with Gasteiger partial charge in [0.1, 0.15) is 0 Å². The number of hydroxylamine groups is 2. The van der Waals surface area contributed by atoms with E-state index >= 15 is 0 Å². The van der Waals surface area contributed by atoms with Crippen LogP contribution in [-0.2, 0) is 29.3 Å². The molecule has 1 N–H and O–H groups in total. The predicted molar refractivity (Wildman–Crippen MR) is 66.3 cm³/mol. The van der Waals surface area contributed by atoms with E-state index in [1.807, 2.05) is 0 Å². The van der Waals surface area contributed by atoms with Crippen molar-refractivity contribution in [3.05, 3.63) is 0 Å². The third kappa shape index (κ3) is 3.04. The lowest BCUT2D eigenvalue weighted by Crippen LogP contribution is -2.38. The molecule has 0 aliphatic carbocycles. The molecule has 0 spiro atoms. The molecule has 2 rings (SSSR count). The second-order valence-corrected chi connectivity index (χ2v) is 8.06. The molecule has 1 unspecified atom stereocenters. The average Bonchev–Trinajstić information content (AvgIpc) is 2.91. The summed E-state index contributed by atoms with van der Waals surface area (Å²) in [6.07, 6.45) is -0.723. The molecule has 0 bridgehead atoms. The van der Waals surface area contributed by atoms with Gasteiger partial charge in [-0.1, -0.05) is 21.6 Å². The van der Waals surface area contributed by atoms with Crippen molar-refractivity contribution in [2.75, 3.05) is 11.5 Å². The SMILES string of the molecule is O=C(ON1C(=O)CC(S(=O)(=O)O)C1=O)C1CSSC1. The second-order valence-electron chi connectivity index (χ2n) is 3.91. The smallest absolute Gasteiger partial charge is 0.330 e. The van der Waals surface area contributed by atoms with E-state index in [-0.39, 0.29) is 5.06 Å². The average molecular weight is 327 g/mol. The molecule has 0 aromatic carbocycles. The van der Waals surface area contributed by atoms with Crippen LogP contribution in [0.3, 0.4) is 0 Å². The number of carbonyl (C=O) groups excluding carboxylic acids is 3. The number of nitrogens with zero attached hydrogens (tertiary/aromatic N) is 1. The van der Waals surface area contributed by atoms with Gasteiger partial charge in [0, 0.05) is 11.5 Å². The highest BCUT2D eigenvalue weighted by Gasteiger charge is 2.48. The number of imide groups is 1. The zero-order valence-corrected chi connectivity index (χ0v) is 11.8. The standard InChI is InChI=1S/C8H9NO7S3/c10-6-1-5(19(13,14)15)7(11)9(6)16-8(12)4-2-17-18-3-4/h4-5H,1-3H2,(H,13,14,15). The summed E-state index contributed by atoms with van der Waals surface area (Å²) < 4.78 is 30.6. The molecule has 2 aliphatic heterocycles. The Morgan fingerprint density at radius 2 is 1.89 bits per heavy atom. The fraction of sp³-hybridized carbons (Fsp3) is 0.625. The quantitative estimate of drug-likeness (QED) is 0.414. The maximum absolute atomic E-state index is 11.6. The third-order valence-corrected chi connectivity index (χ3v) is 6.21. The van der Waals surface area contributed by atoms with Crippen LogP contribution in [0.1, 0.15) is 6.42 Å². The van der Waals surface area contributed by atoms with Gasteiger partial charge in [-0.2, -0.15) is 8.42 Å². The summed E-state index contributed by atoms with van der Waals surface area (Å²) in [4.78, 5) is 39.3. The van der Waals surface area contributed by atoms with Crippen LogP contribution >= 0.6 is 21.6 Å². The molecule has 0 radical (unpaired) electrons. The summed E-state index contributed by atoms with van der Waals surface area (Å²) in [6, 6.07) is 0. The molecule has 19 heavy (non-hydrogen) atoms. The fourth-order valence-electron chi connectivity index (χ4n) is 1.52. The van der Waals surface area contributed by atoms with E-state index in [1.54, 1.807) is 0 Å². The second kappa shape index (κ2) is 5.31. The van der Waals surface area contributed by atoms with Crippen molar-refractivity contribution in [1.29, 1.82) is 0 Å². The Labute approximate surface area is 116 Å². The van der Waals surface area contributed by atoms with E-state index < -0.39 is 45.5 Å². The highest BCUT2D eigenvalue weighted by atomic mass is 33.1. The Morgan fingerprint density at radius 3 is 2.37 bits per heavy atom. The van der Waals surface area contributed by atoms with Gasteiger partial charge in [0.2, 0.25) is 0 Å². The summed E-state index contributed by atoms with van der Waals surface area (Å²) in [7, 11) is -1.75. The summed E-state index contributed by atoms with van der Waals surface area (Å²) in [6.45, 7) is 0. The van der Waals surface area contributed by atoms with Crippen molar-refractivity contribution < 1.29 is 32.2 Å². The minimum absolute atomic E-state index is 0.133.